The monoisotopic (exact) mass is 231 g/mol. The number of ether oxygens (including phenoxy) is 1. The lowest BCUT2D eigenvalue weighted by Crippen LogP contribution is -1.96. The lowest BCUT2D eigenvalue weighted by Gasteiger charge is -2.06. The molecule has 0 saturated carbocycles. The molecule has 0 fully saturated rings. The molecule has 0 unspecified atom stereocenters. The summed E-state index contributed by atoms with van der Waals surface area (Å²) in [6.45, 7) is 5.18. The van der Waals surface area contributed by atoms with Crippen LogP contribution in [0.3, 0.4) is 0 Å². The molecule has 1 N–H and O–H groups in total. The van der Waals surface area contributed by atoms with Crippen LogP contribution in [0.2, 0.25) is 0 Å². The predicted octanol–water partition coefficient (Wildman–Crippen LogP) is 4.30. The maximum Gasteiger partial charge on any atom is 0.143 e. The van der Waals surface area contributed by atoms with Crippen molar-refractivity contribution < 1.29 is 4.74 Å². The smallest absolute Gasteiger partial charge is 0.143 e. The number of H-pyrrole nitrogens is 1. The first-order chi connectivity index (χ1) is 8.35. The summed E-state index contributed by atoms with van der Waals surface area (Å²) in [5, 5.41) is 1.25. The maximum atomic E-state index is 5.82. The number of aromatic amines is 1. The number of unbranched alkanes of at least 4 members (excludes halogenated alkanes) is 1. The highest BCUT2D eigenvalue weighted by atomic mass is 16.5. The number of fused-ring (bicyclic) bond motifs is 1. The second-order valence-corrected chi connectivity index (χ2v) is 4.47. The standard InChI is InChI=1S/C15H21NO/c1-3-5-10-17-14-9-6-8-12-11-13(7-4-2)16-15(12)14/h6,8-9,11,16H,3-5,7,10H2,1-2H3. The van der Waals surface area contributed by atoms with Crippen LogP contribution in [0.5, 0.6) is 5.75 Å². The van der Waals surface area contributed by atoms with E-state index in [4.69, 9.17) is 4.74 Å². The van der Waals surface area contributed by atoms with Crippen LogP contribution in [0, 0.1) is 0 Å². The van der Waals surface area contributed by atoms with Crippen molar-refractivity contribution >= 4 is 10.9 Å². The van der Waals surface area contributed by atoms with Gasteiger partial charge in [0.1, 0.15) is 5.75 Å². The van der Waals surface area contributed by atoms with Crippen LogP contribution in [-0.2, 0) is 6.42 Å². The number of nitrogens with one attached hydrogen (secondary N) is 1. The predicted molar refractivity (Wildman–Crippen MR) is 72.7 cm³/mol. The van der Waals surface area contributed by atoms with Gasteiger partial charge in [-0.25, -0.2) is 0 Å². The molecule has 0 atom stereocenters. The van der Waals surface area contributed by atoms with E-state index in [0.717, 1.165) is 30.7 Å². The summed E-state index contributed by atoms with van der Waals surface area (Å²) in [5.41, 5.74) is 2.45. The second-order valence-electron chi connectivity index (χ2n) is 4.47. The third-order valence-electron chi connectivity index (χ3n) is 2.95. The normalized spacial score (nSPS) is 10.9. The summed E-state index contributed by atoms with van der Waals surface area (Å²) in [5.74, 6) is 0.985. The molecule has 1 heterocycles. The van der Waals surface area contributed by atoms with Gasteiger partial charge < -0.3 is 9.72 Å². The number of hydrogen-bond donors (Lipinski definition) is 1. The third kappa shape index (κ3) is 2.82. The molecule has 17 heavy (non-hydrogen) atoms. The van der Waals surface area contributed by atoms with Crippen molar-refractivity contribution in [2.24, 2.45) is 0 Å². The van der Waals surface area contributed by atoms with E-state index < -0.39 is 0 Å². The molecule has 0 radical (unpaired) electrons. The van der Waals surface area contributed by atoms with Crippen molar-refractivity contribution in [3.8, 4) is 5.75 Å². The Bertz CT molecular complexity index is 473. The topological polar surface area (TPSA) is 25.0 Å². The fraction of sp³-hybridized carbons (Fsp3) is 0.467. The van der Waals surface area contributed by atoms with Crippen molar-refractivity contribution in [1.82, 2.24) is 4.98 Å². The molecule has 0 aliphatic heterocycles. The number of benzene rings is 1. The van der Waals surface area contributed by atoms with Crippen LogP contribution >= 0.6 is 0 Å². The highest BCUT2D eigenvalue weighted by molar-refractivity contribution is 5.86. The Morgan fingerprint density at radius 3 is 2.82 bits per heavy atom. The van der Waals surface area contributed by atoms with Crippen molar-refractivity contribution in [3.63, 3.8) is 0 Å². The molecule has 2 heteroatoms. The van der Waals surface area contributed by atoms with Gasteiger partial charge in [0, 0.05) is 11.1 Å². The minimum Gasteiger partial charge on any atom is -0.491 e. The van der Waals surface area contributed by atoms with Crippen LogP contribution in [0.15, 0.2) is 24.3 Å². The average molecular weight is 231 g/mol. The zero-order valence-corrected chi connectivity index (χ0v) is 10.8. The van der Waals surface area contributed by atoms with Crippen LogP contribution in [-0.4, -0.2) is 11.6 Å². The van der Waals surface area contributed by atoms with Gasteiger partial charge >= 0.3 is 0 Å². The summed E-state index contributed by atoms with van der Waals surface area (Å²) in [7, 11) is 0. The van der Waals surface area contributed by atoms with Gasteiger partial charge in [-0.2, -0.15) is 0 Å². The van der Waals surface area contributed by atoms with Crippen molar-refractivity contribution in [2.45, 2.75) is 39.5 Å². The highest BCUT2D eigenvalue weighted by Crippen LogP contribution is 2.26. The van der Waals surface area contributed by atoms with Gasteiger partial charge in [-0.3, -0.25) is 0 Å². The molecule has 1 aromatic heterocycles. The number of hydrogen-bond acceptors (Lipinski definition) is 1. The van der Waals surface area contributed by atoms with Crippen LogP contribution in [0.25, 0.3) is 10.9 Å². The number of rotatable bonds is 6. The molecule has 1 aromatic carbocycles. The molecule has 0 bridgehead atoms. The molecule has 2 aromatic rings. The largest absolute Gasteiger partial charge is 0.491 e. The summed E-state index contributed by atoms with van der Waals surface area (Å²) >= 11 is 0. The van der Waals surface area contributed by atoms with E-state index in [1.165, 1.54) is 23.9 Å². The van der Waals surface area contributed by atoms with Gasteiger partial charge in [-0.05, 0) is 25.0 Å². The fourth-order valence-electron chi connectivity index (χ4n) is 2.04. The fourth-order valence-corrected chi connectivity index (χ4v) is 2.04. The van der Waals surface area contributed by atoms with Crippen molar-refractivity contribution in [3.05, 3.63) is 30.0 Å². The van der Waals surface area contributed by atoms with Gasteiger partial charge in [-0.1, -0.05) is 38.8 Å². The van der Waals surface area contributed by atoms with Crippen LogP contribution < -0.4 is 4.74 Å². The quantitative estimate of drug-likeness (QED) is 0.737. The van der Waals surface area contributed by atoms with E-state index in [0.29, 0.717) is 0 Å². The molecule has 2 rings (SSSR count). The van der Waals surface area contributed by atoms with E-state index in [1.54, 1.807) is 0 Å². The van der Waals surface area contributed by atoms with Gasteiger partial charge in [0.2, 0.25) is 0 Å². The molecule has 0 aliphatic rings. The molecule has 2 nitrogen and oxygen atoms in total. The minimum absolute atomic E-state index is 0.803. The molecule has 0 amide bonds. The van der Waals surface area contributed by atoms with Crippen LogP contribution in [0.4, 0.5) is 0 Å². The van der Waals surface area contributed by atoms with Gasteiger partial charge in [0.05, 0.1) is 12.1 Å². The number of aryl methyl sites for hydroxylation is 1. The Morgan fingerprint density at radius 1 is 1.18 bits per heavy atom. The highest BCUT2D eigenvalue weighted by Gasteiger charge is 2.05. The van der Waals surface area contributed by atoms with E-state index in [-0.39, 0.29) is 0 Å². The van der Waals surface area contributed by atoms with Gasteiger partial charge in [-0.15, -0.1) is 0 Å². The Kier molecular flexibility index (Phi) is 4.08. The van der Waals surface area contributed by atoms with E-state index in [1.807, 2.05) is 6.07 Å². The SMILES string of the molecule is CCCCOc1cccc2cc(CCC)[nH]c12. The first kappa shape index (κ1) is 12.0. The molecule has 0 spiro atoms. The summed E-state index contributed by atoms with van der Waals surface area (Å²) < 4.78 is 5.82. The molecule has 92 valence electrons. The average Bonchev–Trinajstić information content (AvgIpc) is 2.73. The van der Waals surface area contributed by atoms with E-state index in [9.17, 15) is 0 Å². The Hall–Kier alpha value is -1.44. The van der Waals surface area contributed by atoms with Gasteiger partial charge in [0.15, 0.2) is 0 Å². The van der Waals surface area contributed by atoms with E-state index in [2.05, 4.69) is 37.0 Å². The third-order valence-corrected chi connectivity index (χ3v) is 2.95. The lowest BCUT2D eigenvalue weighted by molar-refractivity contribution is 0.312. The molecule has 0 saturated heterocycles. The van der Waals surface area contributed by atoms with Gasteiger partial charge in [0.25, 0.3) is 0 Å². The minimum atomic E-state index is 0.803. The zero-order valence-electron chi connectivity index (χ0n) is 10.8. The van der Waals surface area contributed by atoms with Crippen molar-refractivity contribution in [2.75, 3.05) is 6.61 Å². The molecular weight excluding hydrogens is 210 g/mol. The number of aromatic nitrogens is 1. The Morgan fingerprint density at radius 2 is 2.06 bits per heavy atom. The van der Waals surface area contributed by atoms with E-state index >= 15 is 0 Å². The summed E-state index contributed by atoms with van der Waals surface area (Å²) in [6, 6.07) is 8.47. The van der Waals surface area contributed by atoms with Crippen LogP contribution in [0.1, 0.15) is 38.8 Å². The first-order valence-electron chi connectivity index (χ1n) is 6.58. The first-order valence-corrected chi connectivity index (χ1v) is 6.58. The number of para-hydroxylation sites is 1. The summed E-state index contributed by atoms with van der Waals surface area (Å²) in [4.78, 5) is 3.47. The maximum absolute atomic E-state index is 5.82. The summed E-state index contributed by atoms with van der Waals surface area (Å²) in [6.07, 6.45) is 4.54. The lowest BCUT2D eigenvalue weighted by atomic mass is 10.2. The Balaban J connectivity index is 2.22. The molecule has 0 aliphatic carbocycles. The zero-order chi connectivity index (χ0) is 12.1. The van der Waals surface area contributed by atoms with Crippen molar-refractivity contribution in [1.29, 1.82) is 0 Å². The second kappa shape index (κ2) is 5.76. The Labute approximate surface area is 103 Å². The molecular formula is C15H21NO.